The van der Waals surface area contributed by atoms with Gasteiger partial charge in [0.15, 0.2) is 0 Å². The topological polar surface area (TPSA) is 208 Å². The highest BCUT2D eigenvalue weighted by Gasteiger charge is 2.31. The number of nitrogens with one attached hydrogen (secondary N) is 5. The summed E-state index contributed by atoms with van der Waals surface area (Å²) < 4.78 is 5.50. The Kier molecular flexibility index (Phi) is 17.1. The van der Waals surface area contributed by atoms with Gasteiger partial charge in [0.1, 0.15) is 23.7 Å². The van der Waals surface area contributed by atoms with Crippen molar-refractivity contribution < 1.29 is 33.5 Å². The molecule has 60 heavy (non-hydrogen) atoms. The summed E-state index contributed by atoms with van der Waals surface area (Å²) >= 11 is 0. The van der Waals surface area contributed by atoms with Crippen LogP contribution in [-0.4, -0.2) is 101 Å². The molecule has 0 aliphatic rings. The first-order valence-electron chi connectivity index (χ1n) is 20.3. The van der Waals surface area contributed by atoms with Crippen LogP contribution < -0.4 is 27.0 Å². The summed E-state index contributed by atoms with van der Waals surface area (Å²) in [6.45, 7) is 7.56. The second-order valence-electron chi connectivity index (χ2n) is 16.0. The number of carbonyl (C=O) groups excluding carboxylic acids is 6. The number of anilines is 1. The van der Waals surface area contributed by atoms with Crippen LogP contribution in [0.1, 0.15) is 69.6 Å². The molecule has 1 aromatic heterocycles. The quantitative estimate of drug-likeness (QED) is 0.0658. The third-order valence-corrected chi connectivity index (χ3v) is 10.0. The highest BCUT2D eigenvalue weighted by atomic mass is 16.6. The minimum atomic E-state index is -1.10. The van der Waals surface area contributed by atoms with Gasteiger partial charge < -0.3 is 46.5 Å². The molecule has 0 aliphatic heterocycles. The Labute approximate surface area is 352 Å². The van der Waals surface area contributed by atoms with Crippen LogP contribution in [0.2, 0.25) is 0 Å². The van der Waals surface area contributed by atoms with E-state index in [1.807, 2.05) is 85.8 Å². The first kappa shape index (κ1) is 46.3. The van der Waals surface area contributed by atoms with Crippen molar-refractivity contribution in [2.75, 3.05) is 32.5 Å². The van der Waals surface area contributed by atoms with Crippen molar-refractivity contribution in [3.63, 3.8) is 0 Å². The predicted octanol–water partition coefficient (Wildman–Crippen LogP) is 5.18. The molecule has 15 heteroatoms. The number of fused-ring (bicyclic) bond motifs is 1. The molecule has 0 unspecified atom stereocenters. The first-order chi connectivity index (χ1) is 28.5. The maximum atomic E-state index is 14.1. The number of nitrogens with zero attached hydrogens (tertiary/aromatic N) is 2. The van der Waals surface area contributed by atoms with Crippen molar-refractivity contribution in [2.24, 2.45) is 5.73 Å². The van der Waals surface area contributed by atoms with Gasteiger partial charge >= 0.3 is 12.1 Å². The number of aromatic amines is 1. The highest BCUT2D eigenvalue weighted by molar-refractivity contribution is 5.93. The van der Waals surface area contributed by atoms with Gasteiger partial charge in [-0.1, -0.05) is 66.7 Å². The Morgan fingerprint density at radius 3 is 2.20 bits per heavy atom. The van der Waals surface area contributed by atoms with E-state index in [4.69, 9.17) is 10.5 Å². The fraction of sp³-hybridized carbons (Fsp3) is 0.422. The number of amides is 7. The summed E-state index contributed by atoms with van der Waals surface area (Å²) in [6, 6.07) is 21.0. The zero-order valence-electron chi connectivity index (χ0n) is 35.5. The third-order valence-electron chi connectivity index (χ3n) is 10.0. The zero-order valence-corrected chi connectivity index (χ0v) is 35.5. The van der Waals surface area contributed by atoms with Gasteiger partial charge in [-0.2, -0.15) is 0 Å². The van der Waals surface area contributed by atoms with Crippen molar-refractivity contribution >= 4 is 52.3 Å². The normalized spacial score (nSPS) is 12.7. The van der Waals surface area contributed by atoms with E-state index in [0.717, 1.165) is 27.6 Å². The molecule has 7 amide bonds. The number of likely N-dealkylation sites (N-methyl/N-ethyl adjacent to an activating group) is 2. The lowest BCUT2D eigenvalue weighted by Crippen LogP contribution is -2.55. The van der Waals surface area contributed by atoms with Crippen molar-refractivity contribution in [1.82, 2.24) is 30.7 Å². The number of aromatic nitrogens is 1. The number of hydrogen-bond acceptors (Lipinski definition) is 7. The molecule has 4 rings (SSSR count). The van der Waals surface area contributed by atoms with Gasteiger partial charge in [0.2, 0.25) is 23.6 Å². The van der Waals surface area contributed by atoms with Gasteiger partial charge in [0.25, 0.3) is 0 Å². The molecule has 15 nitrogen and oxygen atoms in total. The fourth-order valence-corrected chi connectivity index (χ4v) is 6.72. The summed E-state index contributed by atoms with van der Waals surface area (Å²) in [5, 5.41) is 12.2. The molecule has 322 valence electrons. The molecule has 4 aromatic rings. The predicted molar refractivity (Wildman–Crippen MR) is 232 cm³/mol. The number of benzene rings is 3. The van der Waals surface area contributed by atoms with Gasteiger partial charge in [0, 0.05) is 69.2 Å². The third kappa shape index (κ3) is 14.5. The van der Waals surface area contributed by atoms with Crippen LogP contribution in [0.15, 0.2) is 85.1 Å². The lowest BCUT2D eigenvalue weighted by molar-refractivity contribution is -0.138. The molecule has 0 saturated heterocycles. The summed E-state index contributed by atoms with van der Waals surface area (Å²) in [7, 11) is 3.14. The Hall–Kier alpha value is -6.38. The van der Waals surface area contributed by atoms with Crippen LogP contribution in [0.5, 0.6) is 0 Å². The largest absolute Gasteiger partial charge is 0.444 e. The molecule has 3 atom stereocenters. The summed E-state index contributed by atoms with van der Waals surface area (Å²) in [5.74, 6) is -1.89. The van der Waals surface area contributed by atoms with Crippen LogP contribution >= 0.6 is 0 Å². The number of urea groups is 1. The Balaban J connectivity index is 1.44. The van der Waals surface area contributed by atoms with E-state index in [0.29, 0.717) is 25.1 Å². The number of primary amides is 1. The standard InChI is InChI=1S/C45H60N8O7/c1-30-17-10-12-21-34(30)50-43(58)47-25-15-14-23-36(42(57)52(5)26-16-24-39(54)53(6)38(40(46)55)27-31-18-8-7-9-19-31)49-41(56)37(51-44(59)60-45(2,3)4)28-32-29-48-35-22-13-11-20-33(32)35/h7-13,17-22,29,36-38,48H,14-16,23-28H2,1-6H3,(H2,46,55)(H,49,56)(H,51,59)(H2,47,50,58)/t36-,37-,38-/m0/s1. The maximum absolute atomic E-state index is 14.1. The molecule has 1 heterocycles. The average Bonchev–Trinajstić information content (AvgIpc) is 3.61. The molecular weight excluding hydrogens is 765 g/mol. The smallest absolute Gasteiger partial charge is 0.408 e. The van der Waals surface area contributed by atoms with E-state index in [1.54, 1.807) is 41.1 Å². The molecule has 0 bridgehead atoms. The van der Waals surface area contributed by atoms with E-state index in [1.165, 1.54) is 9.80 Å². The SMILES string of the molecule is Cc1ccccc1NC(=O)NCCCC[C@H](NC(=O)[C@H](Cc1c[nH]c2ccccc12)NC(=O)OC(C)(C)C)C(=O)N(C)CCCC(=O)N(C)[C@@H](Cc1ccccc1)C(N)=O. The number of H-pyrrole nitrogens is 1. The lowest BCUT2D eigenvalue weighted by Gasteiger charge is -2.28. The Morgan fingerprint density at radius 1 is 0.817 bits per heavy atom. The van der Waals surface area contributed by atoms with Gasteiger partial charge in [-0.05, 0) is 82.2 Å². The number of unbranched alkanes of at least 4 members (excludes halogenated alkanes) is 1. The number of nitrogens with two attached hydrogens (primary N) is 1. The molecule has 0 aliphatic carbocycles. The zero-order chi connectivity index (χ0) is 43.8. The minimum Gasteiger partial charge on any atom is -0.444 e. The van der Waals surface area contributed by atoms with E-state index < -0.39 is 47.5 Å². The molecule has 0 radical (unpaired) electrons. The lowest BCUT2D eigenvalue weighted by atomic mass is 10.0. The van der Waals surface area contributed by atoms with E-state index >= 15 is 0 Å². The van der Waals surface area contributed by atoms with Crippen molar-refractivity contribution in [3.05, 3.63) is 102 Å². The van der Waals surface area contributed by atoms with Gasteiger partial charge in [0.05, 0.1) is 0 Å². The average molecular weight is 825 g/mol. The summed E-state index contributed by atoms with van der Waals surface area (Å²) in [5.41, 5.74) is 9.00. The summed E-state index contributed by atoms with van der Waals surface area (Å²) in [6.07, 6.45) is 2.90. The van der Waals surface area contributed by atoms with Gasteiger partial charge in [-0.25, -0.2) is 9.59 Å². The second-order valence-corrected chi connectivity index (χ2v) is 16.0. The number of hydrogen-bond donors (Lipinski definition) is 6. The highest BCUT2D eigenvalue weighted by Crippen LogP contribution is 2.20. The van der Waals surface area contributed by atoms with Crippen molar-refractivity contribution in [2.45, 2.75) is 96.4 Å². The summed E-state index contributed by atoms with van der Waals surface area (Å²) in [4.78, 5) is 85.4. The number of aryl methyl sites for hydroxylation is 1. The van der Waals surface area contributed by atoms with E-state index in [-0.39, 0.29) is 50.6 Å². The number of ether oxygens (including phenoxy) is 1. The number of para-hydroxylation sites is 2. The van der Waals surface area contributed by atoms with Crippen LogP contribution in [0.25, 0.3) is 10.9 Å². The molecule has 0 spiro atoms. The van der Waals surface area contributed by atoms with Gasteiger partial charge in [-0.15, -0.1) is 0 Å². The van der Waals surface area contributed by atoms with Gasteiger partial charge in [-0.3, -0.25) is 19.2 Å². The fourth-order valence-electron chi connectivity index (χ4n) is 6.72. The second kappa shape index (κ2) is 22.1. The monoisotopic (exact) mass is 824 g/mol. The van der Waals surface area contributed by atoms with Crippen LogP contribution in [0.3, 0.4) is 0 Å². The molecule has 7 N–H and O–H groups in total. The number of alkyl carbamates (subject to hydrolysis) is 1. The molecule has 0 fully saturated rings. The Bertz CT molecular complexity index is 2080. The Morgan fingerprint density at radius 2 is 1.50 bits per heavy atom. The van der Waals surface area contributed by atoms with Crippen molar-refractivity contribution in [3.8, 4) is 0 Å². The van der Waals surface area contributed by atoms with Crippen LogP contribution in [-0.2, 0) is 36.8 Å². The first-order valence-corrected chi connectivity index (χ1v) is 20.3. The molecule has 0 saturated carbocycles. The minimum absolute atomic E-state index is 0.0481. The van der Waals surface area contributed by atoms with Crippen LogP contribution in [0, 0.1) is 6.92 Å². The maximum Gasteiger partial charge on any atom is 0.408 e. The number of rotatable bonds is 20. The van der Waals surface area contributed by atoms with Crippen LogP contribution in [0.4, 0.5) is 15.3 Å². The molecular formula is C45H60N8O7. The molecule has 3 aromatic carbocycles. The van der Waals surface area contributed by atoms with E-state index in [2.05, 4.69) is 26.3 Å². The van der Waals surface area contributed by atoms with Crippen molar-refractivity contribution in [1.29, 1.82) is 0 Å². The number of carbonyl (C=O) groups is 6. The van der Waals surface area contributed by atoms with E-state index in [9.17, 15) is 28.8 Å².